The maximum absolute atomic E-state index is 4.41. The lowest BCUT2D eigenvalue weighted by Crippen LogP contribution is -2.15. The van der Waals surface area contributed by atoms with Gasteiger partial charge in [-0.05, 0) is 46.8 Å². The van der Waals surface area contributed by atoms with Crippen molar-refractivity contribution >= 4 is 27.7 Å². The molecule has 0 aromatic carbocycles. The van der Waals surface area contributed by atoms with E-state index in [4.69, 9.17) is 0 Å². The first-order valence-corrected chi connectivity index (χ1v) is 7.20. The Morgan fingerprint density at radius 3 is 3.07 bits per heavy atom. The van der Waals surface area contributed by atoms with Crippen LogP contribution in [0.3, 0.4) is 0 Å². The van der Waals surface area contributed by atoms with Crippen molar-refractivity contribution in [1.82, 2.24) is 4.98 Å². The lowest BCUT2D eigenvalue weighted by Gasteiger charge is -2.25. The van der Waals surface area contributed by atoms with Crippen LogP contribution in [-0.4, -0.2) is 10.2 Å². The smallest absolute Gasteiger partial charge is 0.110 e. The third-order valence-electron chi connectivity index (χ3n) is 2.89. The molecule has 3 heteroatoms. The van der Waals surface area contributed by atoms with Crippen LogP contribution in [0.15, 0.2) is 27.8 Å². The van der Waals surface area contributed by atoms with Crippen LogP contribution in [0, 0.1) is 5.92 Å². The van der Waals surface area contributed by atoms with E-state index < -0.39 is 0 Å². The van der Waals surface area contributed by atoms with Crippen molar-refractivity contribution in [3.8, 4) is 0 Å². The van der Waals surface area contributed by atoms with Gasteiger partial charge >= 0.3 is 0 Å². The average molecular weight is 286 g/mol. The van der Waals surface area contributed by atoms with E-state index in [1.165, 1.54) is 25.7 Å². The molecule has 15 heavy (non-hydrogen) atoms. The molecule has 0 amide bonds. The molecule has 1 heterocycles. The van der Waals surface area contributed by atoms with Crippen LogP contribution >= 0.6 is 27.7 Å². The summed E-state index contributed by atoms with van der Waals surface area (Å²) in [5, 5.41) is 1.91. The summed E-state index contributed by atoms with van der Waals surface area (Å²) in [7, 11) is 0. The molecule has 1 fully saturated rings. The predicted molar refractivity (Wildman–Crippen MR) is 69.2 cm³/mol. The molecule has 2 unspecified atom stereocenters. The van der Waals surface area contributed by atoms with Crippen LogP contribution in [0.4, 0.5) is 0 Å². The lowest BCUT2D eigenvalue weighted by molar-refractivity contribution is 0.394. The monoisotopic (exact) mass is 285 g/mol. The van der Waals surface area contributed by atoms with E-state index in [-0.39, 0.29) is 0 Å². The normalized spacial score (nSPS) is 26.5. The van der Waals surface area contributed by atoms with Gasteiger partial charge in [-0.25, -0.2) is 4.98 Å². The van der Waals surface area contributed by atoms with Crippen molar-refractivity contribution in [2.75, 3.05) is 0 Å². The van der Waals surface area contributed by atoms with Gasteiger partial charge < -0.3 is 0 Å². The molecule has 1 saturated carbocycles. The Kier molecular flexibility index (Phi) is 4.09. The molecule has 1 aromatic rings. The zero-order valence-corrected chi connectivity index (χ0v) is 11.4. The van der Waals surface area contributed by atoms with Gasteiger partial charge in [0, 0.05) is 15.9 Å². The molecular formula is C12H16BrNS. The molecule has 0 spiro atoms. The van der Waals surface area contributed by atoms with Crippen molar-refractivity contribution in [3.05, 3.63) is 22.8 Å². The molecule has 1 aliphatic rings. The third kappa shape index (κ3) is 3.22. The van der Waals surface area contributed by atoms with Gasteiger partial charge in [0.25, 0.3) is 0 Å². The third-order valence-corrected chi connectivity index (χ3v) is 5.10. The lowest BCUT2D eigenvalue weighted by atomic mass is 9.91. The topological polar surface area (TPSA) is 12.9 Å². The van der Waals surface area contributed by atoms with E-state index in [1.807, 2.05) is 24.0 Å². The van der Waals surface area contributed by atoms with Gasteiger partial charge in [-0.2, -0.15) is 0 Å². The highest BCUT2D eigenvalue weighted by Crippen LogP contribution is 2.37. The first kappa shape index (κ1) is 11.5. The quantitative estimate of drug-likeness (QED) is 0.793. The summed E-state index contributed by atoms with van der Waals surface area (Å²) in [5.74, 6) is 0.888. The van der Waals surface area contributed by atoms with Gasteiger partial charge in [0.1, 0.15) is 5.03 Å². The van der Waals surface area contributed by atoms with E-state index in [0.29, 0.717) is 0 Å². The minimum atomic E-state index is 0.764. The van der Waals surface area contributed by atoms with Crippen molar-refractivity contribution in [2.45, 2.75) is 42.9 Å². The first-order valence-electron chi connectivity index (χ1n) is 5.53. The first-order chi connectivity index (χ1) is 7.25. The van der Waals surface area contributed by atoms with Crippen molar-refractivity contribution in [2.24, 2.45) is 5.92 Å². The molecule has 0 saturated heterocycles. The van der Waals surface area contributed by atoms with Gasteiger partial charge in [0.05, 0.1) is 0 Å². The Labute approximate surface area is 104 Å². The Hall–Kier alpha value is -0.0200. The maximum atomic E-state index is 4.41. The van der Waals surface area contributed by atoms with Gasteiger partial charge in [0.15, 0.2) is 0 Å². The van der Waals surface area contributed by atoms with E-state index >= 15 is 0 Å². The van der Waals surface area contributed by atoms with Gasteiger partial charge in [-0.3, -0.25) is 0 Å². The number of aromatic nitrogens is 1. The summed E-state index contributed by atoms with van der Waals surface area (Å²) in [6.07, 6.45) is 7.34. The summed E-state index contributed by atoms with van der Waals surface area (Å²) >= 11 is 5.49. The highest BCUT2D eigenvalue weighted by atomic mass is 79.9. The van der Waals surface area contributed by atoms with E-state index in [1.54, 1.807) is 0 Å². The molecule has 0 bridgehead atoms. The second-order valence-corrected chi connectivity index (χ2v) is 6.45. The number of hydrogen-bond donors (Lipinski definition) is 0. The number of thioether (sulfide) groups is 1. The van der Waals surface area contributed by atoms with Crippen LogP contribution in [0.2, 0.25) is 0 Å². The van der Waals surface area contributed by atoms with Crippen LogP contribution in [0.25, 0.3) is 0 Å². The van der Waals surface area contributed by atoms with Crippen LogP contribution in [-0.2, 0) is 0 Å². The van der Waals surface area contributed by atoms with E-state index in [2.05, 4.69) is 33.9 Å². The molecule has 1 nitrogen and oxygen atoms in total. The highest BCUT2D eigenvalue weighted by Gasteiger charge is 2.20. The second-order valence-electron chi connectivity index (χ2n) is 4.30. The number of rotatable bonds is 2. The molecule has 0 N–H and O–H groups in total. The summed E-state index contributed by atoms with van der Waals surface area (Å²) < 4.78 is 1.13. The zero-order chi connectivity index (χ0) is 10.7. The molecule has 0 radical (unpaired) electrons. The Bertz CT molecular complexity index is 329. The number of nitrogens with zero attached hydrogens (tertiary/aromatic N) is 1. The average Bonchev–Trinajstić information content (AvgIpc) is 2.22. The minimum Gasteiger partial charge on any atom is -0.249 e. The standard InChI is InChI=1S/C12H16BrNS/c1-9-4-2-5-10(8-9)15-12-11(13)6-3-7-14-12/h3,6-7,9-10H,2,4-5,8H2,1H3. The van der Waals surface area contributed by atoms with Gasteiger partial charge in [-0.15, -0.1) is 11.8 Å². The van der Waals surface area contributed by atoms with Gasteiger partial charge in [-0.1, -0.05) is 19.8 Å². The fourth-order valence-corrected chi connectivity index (χ4v) is 3.96. The predicted octanol–water partition coefficient (Wildman–Crippen LogP) is 4.51. The second kappa shape index (κ2) is 5.35. The zero-order valence-electron chi connectivity index (χ0n) is 8.95. The minimum absolute atomic E-state index is 0.764. The fourth-order valence-electron chi connectivity index (χ4n) is 2.10. The molecule has 1 aliphatic carbocycles. The largest absolute Gasteiger partial charge is 0.249 e. The van der Waals surface area contributed by atoms with Crippen LogP contribution < -0.4 is 0 Å². The van der Waals surface area contributed by atoms with Crippen molar-refractivity contribution in [3.63, 3.8) is 0 Å². The molecular weight excluding hydrogens is 270 g/mol. The molecule has 2 rings (SSSR count). The van der Waals surface area contributed by atoms with Crippen molar-refractivity contribution < 1.29 is 0 Å². The van der Waals surface area contributed by atoms with Crippen LogP contribution in [0.5, 0.6) is 0 Å². The maximum Gasteiger partial charge on any atom is 0.110 e. The van der Waals surface area contributed by atoms with E-state index in [0.717, 1.165) is 20.7 Å². The summed E-state index contributed by atoms with van der Waals surface area (Å²) in [5.41, 5.74) is 0. The molecule has 0 aliphatic heterocycles. The number of hydrogen-bond acceptors (Lipinski definition) is 2. The molecule has 2 atom stereocenters. The summed E-state index contributed by atoms with van der Waals surface area (Å²) in [6, 6.07) is 4.04. The highest BCUT2D eigenvalue weighted by molar-refractivity contribution is 9.10. The molecule has 82 valence electrons. The Morgan fingerprint density at radius 2 is 2.33 bits per heavy atom. The van der Waals surface area contributed by atoms with Crippen LogP contribution in [0.1, 0.15) is 32.6 Å². The van der Waals surface area contributed by atoms with E-state index in [9.17, 15) is 0 Å². The SMILES string of the molecule is CC1CCCC(Sc2ncccc2Br)C1. The number of halogens is 1. The van der Waals surface area contributed by atoms with Gasteiger partial charge in [0.2, 0.25) is 0 Å². The Morgan fingerprint density at radius 1 is 1.47 bits per heavy atom. The Balaban J connectivity index is 1.99. The fraction of sp³-hybridized carbons (Fsp3) is 0.583. The summed E-state index contributed by atoms with van der Waals surface area (Å²) in [4.78, 5) is 4.41. The molecule has 1 aromatic heterocycles. The van der Waals surface area contributed by atoms with Crippen molar-refractivity contribution in [1.29, 1.82) is 0 Å². The summed E-state index contributed by atoms with van der Waals surface area (Å²) in [6.45, 7) is 2.36. The number of pyridine rings is 1.